The predicted octanol–water partition coefficient (Wildman–Crippen LogP) is 1.76. The van der Waals surface area contributed by atoms with Gasteiger partial charge in [-0.15, -0.1) is 0 Å². The number of carbonyl (C=O) groups is 1. The highest BCUT2D eigenvalue weighted by Gasteiger charge is 2.05. The molecule has 0 unspecified atom stereocenters. The SMILES string of the molecule is C[C@@H](NCCNC(=O)O)c1ccc(Br)cn1. The number of nitrogens with zero attached hydrogens (tertiary/aromatic N) is 1. The van der Waals surface area contributed by atoms with Crippen molar-refractivity contribution in [1.29, 1.82) is 0 Å². The van der Waals surface area contributed by atoms with Gasteiger partial charge < -0.3 is 15.7 Å². The second kappa shape index (κ2) is 6.44. The number of hydrogen-bond acceptors (Lipinski definition) is 3. The lowest BCUT2D eigenvalue weighted by molar-refractivity contribution is 0.194. The molecule has 1 aromatic rings. The molecule has 1 heterocycles. The number of rotatable bonds is 5. The molecule has 1 aromatic heterocycles. The van der Waals surface area contributed by atoms with Gasteiger partial charge in [0.2, 0.25) is 0 Å². The van der Waals surface area contributed by atoms with Crippen LogP contribution in [0.5, 0.6) is 0 Å². The van der Waals surface area contributed by atoms with Crippen molar-refractivity contribution in [1.82, 2.24) is 15.6 Å². The standard InChI is InChI=1S/C10H14BrN3O2/c1-7(12-4-5-13-10(15)16)9-3-2-8(11)6-14-9/h2-3,6-7,12-13H,4-5H2,1H3,(H,15,16)/t7-/m1/s1. The summed E-state index contributed by atoms with van der Waals surface area (Å²) in [6.45, 7) is 2.94. The molecule has 16 heavy (non-hydrogen) atoms. The van der Waals surface area contributed by atoms with E-state index in [9.17, 15) is 4.79 Å². The zero-order chi connectivity index (χ0) is 12.0. The molecule has 0 bridgehead atoms. The minimum Gasteiger partial charge on any atom is -0.465 e. The van der Waals surface area contributed by atoms with Crippen molar-refractivity contribution >= 4 is 22.0 Å². The Morgan fingerprint density at radius 3 is 2.88 bits per heavy atom. The lowest BCUT2D eigenvalue weighted by Gasteiger charge is -2.13. The fraction of sp³-hybridized carbons (Fsp3) is 0.400. The maximum Gasteiger partial charge on any atom is 0.404 e. The Morgan fingerprint density at radius 1 is 1.56 bits per heavy atom. The molecular weight excluding hydrogens is 274 g/mol. The van der Waals surface area contributed by atoms with Crippen molar-refractivity contribution in [3.8, 4) is 0 Å². The van der Waals surface area contributed by atoms with Crippen molar-refractivity contribution in [2.24, 2.45) is 0 Å². The van der Waals surface area contributed by atoms with Crippen LogP contribution < -0.4 is 10.6 Å². The van der Waals surface area contributed by atoms with Crippen molar-refractivity contribution in [3.05, 3.63) is 28.5 Å². The molecule has 0 aliphatic heterocycles. The molecule has 0 aliphatic carbocycles. The van der Waals surface area contributed by atoms with Crippen molar-refractivity contribution < 1.29 is 9.90 Å². The summed E-state index contributed by atoms with van der Waals surface area (Å²) in [5.74, 6) is 0. The molecule has 0 fully saturated rings. The Balaban J connectivity index is 2.32. The average molecular weight is 288 g/mol. The largest absolute Gasteiger partial charge is 0.465 e. The summed E-state index contributed by atoms with van der Waals surface area (Å²) < 4.78 is 0.941. The molecule has 5 nitrogen and oxygen atoms in total. The van der Waals surface area contributed by atoms with Crippen LogP contribution in [0.25, 0.3) is 0 Å². The molecule has 0 saturated heterocycles. The molecule has 0 saturated carbocycles. The van der Waals surface area contributed by atoms with Gasteiger partial charge in [0.05, 0.1) is 5.69 Å². The van der Waals surface area contributed by atoms with Crippen molar-refractivity contribution in [2.45, 2.75) is 13.0 Å². The molecule has 6 heteroatoms. The van der Waals surface area contributed by atoms with Crippen LogP contribution in [0.1, 0.15) is 18.7 Å². The Kier molecular flexibility index (Phi) is 5.21. The van der Waals surface area contributed by atoms with Gasteiger partial charge in [0, 0.05) is 29.8 Å². The van der Waals surface area contributed by atoms with E-state index in [0.29, 0.717) is 13.1 Å². The molecule has 0 radical (unpaired) electrons. The average Bonchev–Trinajstić information content (AvgIpc) is 2.25. The number of hydrogen-bond donors (Lipinski definition) is 3. The Morgan fingerprint density at radius 2 is 2.31 bits per heavy atom. The Bertz CT molecular complexity index is 342. The van der Waals surface area contributed by atoms with E-state index in [1.807, 2.05) is 19.1 Å². The van der Waals surface area contributed by atoms with Crippen molar-refractivity contribution in [3.63, 3.8) is 0 Å². The summed E-state index contributed by atoms with van der Waals surface area (Å²) in [5, 5.41) is 13.8. The summed E-state index contributed by atoms with van der Waals surface area (Å²) in [6, 6.07) is 3.95. The van der Waals surface area contributed by atoms with E-state index < -0.39 is 6.09 Å². The van der Waals surface area contributed by atoms with Crippen LogP contribution in [0.4, 0.5) is 4.79 Å². The highest BCUT2D eigenvalue weighted by molar-refractivity contribution is 9.10. The van der Waals surface area contributed by atoms with Gasteiger partial charge in [-0.3, -0.25) is 4.98 Å². The number of aromatic nitrogens is 1. The minimum absolute atomic E-state index is 0.101. The molecule has 1 atom stereocenters. The third-order valence-corrected chi connectivity index (χ3v) is 2.51. The minimum atomic E-state index is -1.00. The smallest absolute Gasteiger partial charge is 0.404 e. The van der Waals surface area contributed by atoms with Gasteiger partial charge in [-0.05, 0) is 35.0 Å². The second-order valence-corrected chi connectivity index (χ2v) is 4.22. The topological polar surface area (TPSA) is 74.2 Å². The lowest BCUT2D eigenvalue weighted by atomic mass is 10.2. The first-order valence-corrected chi connectivity index (χ1v) is 5.70. The van der Waals surface area contributed by atoms with Crippen LogP contribution in [0.2, 0.25) is 0 Å². The van der Waals surface area contributed by atoms with Gasteiger partial charge in [-0.1, -0.05) is 0 Å². The van der Waals surface area contributed by atoms with Gasteiger partial charge in [0.1, 0.15) is 0 Å². The van der Waals surface area contributed by atoms with E-state index in [2.05, 4.69) is 31.5 Å². The first-order valence-electron chi connectivity index (χ1n) is 4.91. The fourth-order valence-corrected chi connectivity index (χ4v) is 1.44. The lowest BCUT2D eigenvalue weighted by Crippen LogP contribution is -2.32. The normalized spacial score (nSPS) is 12.1. The first kappa shape index (κ1) is 12.9. The van der Waals surface area contributed by atoms with Crippen LogP contribution in [0.15, 0.2) is 22.8 Å². The number of pyridine rings is 1. The molecule has 0 spiro atoms. The van der Waals surface area contributed by atoms with E-state index in [0.717, 1.165) is 10.2 Å². The van der Waals surface area contributed by atoms with Gasteiger partial charge in [-0.2, -0.15) is 0 Å². The predicted molar refractivity (Wildman–Crippen MR) is 64.4 cm³/mol. The maximum atomic E-state index is 10.2. The van der Waals surface area contributed by atoms with Crippen LogP contribution in [-0.2, 0) is 0 Å². The molecule has 0 aromatic carbocycles. The van der Waals surface area contributed by atoms with Crippen LogP contribution in [0.3, 0.4) is 0 Å². The number of nitrogens with one attached hydrogen (secondary N) is 2. The monoisotopic (exact) mass is 287 g/mol. The van der Waals surface area contributed by atoms with Crippen LogP contribution >= 0.6 is 15.9 Å². The summed E-state index contributed by atoms with van der Waals surface area (Å²) in [6.07, 6.45) is 0.736. The molecule has 3 N–H and O–H groups in total. The number of halogens is 1. The number of amides is 1. The van der Waals surface area contributed by atoms with Crippen LogP contribution in [0, 0.1) is 0 Å². The molecule has 1 rings (SSSR count). The zero-order valence-electron chi connectivity index (χ0n) is 8.90. The molecule has 0 aliphatic rings. The van der Waals surface area contributed by atoms with Gasteiger partial charge in [-0.25, -0.2) is 4.79 Å². The summed E-state index contributed by atoms with van der Waals surface area (Å²) in [5.41, 5.74) is 0.929. The van der Waals surface area contributed by atoms with Crippen molar-refractivity contribution in [2.75, 3.05) is 13.1 Å². The highest BCUT2D eigenvalue weighted by Crippen LogP contribution is 2.12. The third kappa shape index (κ3) is 4.59. The van der Waals surface area contributed by atoms with Gasteiger partial charge in [0.25, 0.3) is 0 Å². The number of carboxylic acid groups (broad SMARTS) is 1. The summed E-state index contributed by atoms with van der Waals surface area (Å²) in [7, 11) is 0. The Hall–Kier alpha value is -1.14. The Labute approximate surface area is 102 Å². The third-order valence-electron chi connectivity index (χ3n) is 2.05. The maximum absolute atomic E-state index is 10.2. The van der Waals surface area contributed by atoms with E-state index in [1.165, 1.54) is 0 Å². The van der Waals surface area contributed by atoms with Crippen LogP contribution in [-0.4, -0.2) is 29.3 Å². The molecule has 88 valence electrons. The quantitative estimate of drug-likeness (QED) is 0.722. The first-order chi connectivity index (χ1) is 7.59. The van der Waals surface area contributed by atoms with E-state index in [4.69, 9.17) is 5.11 Å². The summed E-state index contributed by atoms with van der Waals surface area (Å²) >= 11 is 3.32. The molecule has 1 amide bonds. The summed E-state index contributed by atoms with van der Waals surface area (Å²) in [4.78, 5) is 14.4. The van der Waals surface area contributed by atoms with Gasteiger partial charge in [0.15, 0.2) is 0 Å². The van der Waals surface area contributed by atoms with E-state index >= 15 is 0 Å². The molecular formula is C10H14BrN3O2. The highest BCUT2D eigenvalue weighted by atomic mass is 79.9. The fourth-order valence-electron chi connectivity index (χ4n) is 1.21. The van der Waals surface area contributed by atoms with Gasteiger partial charge >= 0.3 is 6.09 Å². The second-order valence-electron chi connectivity index (χ2n) is 3.31. The zero-order valence-corrected chi connectivity index (χ0v) is 10.5. The van der Waals surface area contributed by atoms with E-state index in [1.54, 1.807) is 6.20 Å². The van der Waals surface area contributed by atoms with E-state index in [-0.39, 0.29) is 6.04 Å².